The number of aromatic nitrogens is 1. The molecule has 8 nitrogen and oxygen atoms in total. The van der Waals surface area contributed by atoms with Gasteiger partial charge in [-0.2, -0.15) is 0 Å². The van der Waals surface area contributed by atoms with E-state index < -0.39 is 29.2 Å². The SMILES string of the molecule is COc1c2n3c(c(C(=O)NCc4ccc(F)cc4F)c1=O)CCC3C1OCC3CC(C3)N1C2=O. The van der Waals surface area contributed by atoms with Crippen LogP contribution in [0.2, 0.25) is 0 Å². The summed E-state index contributed by atoms with van der Waals surface area (Å²) in [5.74, 6) is -2.26. The summed E-state index contributed by atoms with van der Waals surface area (Å²) >= 11 is 0. The van der Waals surface area contributed by atoms with Crippen LogP contribution in [0, 0.1) is 17.6 Å². The van der Waals surface area contributed by atoms with Crippen molar-refractivity contribution in [1.29, 1.82) is 0 Å². The van der Waals surface area contributed by atoms with Gasteiger partial charge < -0.3 is 24.3 Å². The largest absolute Gasteiger partial charge is 0.491 e. The molecule has 1 aromatic carbocycles. The first-order valence-electron chi connectivity index (χ1n) is 11.4. The Kier molecular flexibility index (Phi) is 4.77. The van der Waals surface area contributed by atoms with Crippen molar-refractivity contribution in [3.05, 3.63) is 62.6 Å². The second-order valence-corrected chi connectivity index (χ2v) is 9.35. The Hall–Kier alpha value is -3.27. The lowest BCUT2D eigenvalue weighted by molar-refractivity contribution is -0.0722. The molecule has 1 aromatic heterocycles. The van der Waals surface area contributed by atoms with Crippen molar-refractivity contribution in [3.8, 4) is 5.75 Å². The predicted octanol–water partition coefficient (Wildman–Crippen LogP) is 2.14. The fourth-order valence-electron chi connectivity index (χ4n) is 5.85. The highest BCUT2D eigenvalue weighted by Gasteiger charge is 2.53. The summed E-state index contributed by atoms with van der Waals surface area (Å²) < 4.78 is 40.5. The molecule has 2 unspecified atom stereocenters. The van der Waals surface area contributed by atoms with E-state index in [1.54, 1.807) is 9.47 Å². The van der Waals surface area contributed by atoms with Gasteiger partial charge in [-0.15, -0.1) is 0 Å². The van der Waals surface area contributed by atoms with Gasteiger partial charge in [0.25, 0.3) is 11.8 Å². The average Bonchev–Trinajstić information content (AvgIpc) is 2.99. The Bertz CT molecular complexity index is 1290. The van der Waals surface area contributed by atoms with Crippen molar-refractivity contribution in [3.63, 3.8) is 0 Å². The molecule has 0 spiro atoms. The normalized spacial score (nSPS) is 26.3. The van der Waals surface area contributed by atoms with Gasteiger partial charge in [0.2, 0.25) is 5.43 Å². The number of fused-ring (bicyclic) bond motifs is 1. The Balaban J connectivity index is 1.41. The third-order valence-electron chi connectivity index (χ3n) is 7.51. The molecule has 2 bridgehead atoms. The minimum atomic E-state index is -0.792. The van der Waals surface area contributed by atoms with Crippen LogP contribution in [0.25, 0.3) is 0 Å². The fraction of sp³-hybridized carbons (Fsp3) is 0.458. The quantitative estimate of drug-likeness (QED) is 0.738. The second kappa shape index (κ2) is 7.63. The van der Waals surface area contributed by atoms with Gasteiger partial charge in [0.1, 0.15) is 17.2 Å². The fourth-order valence-corrected chi connectivity index (χ4v) is 5.85. The summed E-state index contributed by atoms with van der Waals surface area (Å²) in [5, 5.41) is 2.56. The van der Waals surface area contributed by atoms with E-state index in [9.17, 15) is 23.2 Å². The van der Waals surface area contributed by atoms with Gasteiger partial charge in [0.05, 0.1) is 19.8 Å². The number of pyridine rings is 1. The minimum Gasteiger partial charge on any atom is -0.491 e. The van der Waals surface area contributed by atoms with Crippen LogP contribution in [0.1, 0.15) is 57.4 Å². The van der Waals surface area contributed by atoms with E-state index >= 15 is 0 Å². The highest BCUT2D eigenvalue weighted by molar-refractivity contribution is 6.00. The van der Waals surface area contributed by atoms with Crippen LogP contribution in [-0.2, 0) is 17.7 Å². The van der Waals surface area contributed by atoms with Crippen LogP contribution in [0.15, 0.2) is 23.0 Å². The molecule has 178 valence electrons. The maximum absolute atomic E-state index is 14.0. The summed E-state index contributed by atoms with van der Waals surface area (Å²) in [7, 11) is 1.30. The summed E-state index contributed by atoms with van der Waals surface area (Å²) in [6.45, 7) is 0.360. The summed E-state index contributed by atoms with van der Waals surface area (Å²) in [6.07, 6.45) is 2.34. The molecule has 1 N–H and O–H groups in total. The Morgan fingerprint density at radius 3 is 2.79 bits per heavy atom. The van der Waals surface area contributed by atoms with E-state index in [0.717, 1.165) is 25.0 Å². The highest BCUT2D eigenvalue weighted by atomic mass is 19.1. The van der Waals surface area contributed by atoms with E-state index in [0.29, 0.717) is 31.1 Å². The number of nitrogens with zero attached hydrogens (tertiary/aromatic N) is 2. The lowest BCUT2D eigenvalue weighted by Gasteiger charge is -2.46. The lowest BCUT2D eigenvalue weighted by Crippen LogP contribution is -2.57. The first-order valence-corrected chi connectivity index (χ1v) is 11.4. The van der Waals surface area contributed by atoms with Gasteiger partial charge in [0, 0.05) is 29.9 Å². The van der Waals surface area contributed by atoms with Gasteiger partial charge >= 0.3 is 0 Å². The molecular weight excluding hydrogens is 448 g/mol. The first kappa shape index (κ1) is 21.3. The molecule has 7 rings (SSSR count). The van der Waals surface area contributed by atoms with Crippen LogP contribution in [0.4, 0.5) is 8.78 Å². The molecule has 5 heterocycles. The Morgan fingerprint density at radius 2 is 2.06 bits per heavy atom. The molecule has 4 aliphatic heterocycles. The van der Waals surface area contributed by atoms with Crippen molar-refractivity contribution in [2.75, 3.05) is 13.7 Å². The molecule has 34 heavy (non-hydrogen) atoms. The number of carbonyl (C=O) groups excluding carboxylic acids is 2. The second-order valence-electron chi connectivity index (χ2n) is 9.35. The van der Waals surface area contributed by atoms with Gasteiger partial charge in [-0.3, -0.25) is 14.4 Å². The van der Waals surface area contributed by atoms with E-state index in [1.807, 2.05) is 0 Å². The van der Waals surface area contributed by atoms with E-state index in [-0.39, 0.29) is 47.1 Å². The number of amides is 2. The number of halogens is 2. The molecule has 10 heteroatoms. The zero-order valence-electron chi connectivity index (χ0n) is 18.5. The molecular formula is C24H23F2N3O5. The van der Waals surface area contributed by atoms with Crippen LogP contribution in [0.3, 0.4) is 0 Å². The van der Waals surface area contributed by atoms with Crippen LogP contribution >= 0.6 is 0 Å². The van der Waals surface area contributed by atoms with Crippen molar-refractivity contribution >= 4 is 11.8 Å². The number of hydrogen-bond donors (Lipinski definition) is 1. The topological polar surface area (TPSA) is 89.9 Å². The molecule has 0 radical (unpaired) electrons. The van der Waals surface area contributed by atoms with Crippen molar-refractivity contribution in [2.45, 2.75) is 50.5 Å². The smallest absolute Gasteiger partial charge is 0.276 e. The van der Waals surface area contributed by atoms with E-state index in [1.165, 1.54) is 13.2 Å². The number of methoxy groups -OCH3 is 1. The standard InChI is InChI=1S/C24H23F2N3O5/c1-33-21-19-23(32)28-14-6-11(7-14)10-34-24(28)17-5-4-16(29(17)19)18(20(21)30)22(31)27-9-12-2-3-13(25)8-15(12)26/h2-3,8,11,14,17,24H,4-7,9-10H2,1H3,(H,27,31). The summed E-state index contributed by atoms with van der Waals surface area (Å²) in [4.78, 5) is 41.9. The summed E-state index contributed by atoms with van der Waals surface area (Å²) in [6, 6.07) is 2.92. The van der Waals surface area contributed by atoms with Crippen molar-refractivity contribution in [1.82, 2.24) is 14.8 Å². The van der Waals surface area contributed by atoms with Crippen molar-refractivity contribution < 1.29 is 27.8 Å². The van der Waals surface area contributed by atoms with Gasteiger partial charge in [-0.25, -0.2) is 8.78 Å². The van der Waals surface area contributed by atoms with E-state index in [4.69, 9.17) is 9.47 Å². The molecule has 2 saturated heterocycles. The van der Waals surface area contributed by atoms with Crippen LogP contribution in [0.5, 0.6) is 5.75 Å². The first-order chi connectivity index (χ1) is 16.4. The maximum atomic E-state index is 14.0. The van der Waals surface area contributed by atoms with Gasteiger partial charge in [-0.05, 0) is 37.7 Å². The third kappa shape index (κ3) is 2.94. The maximum Gasteiger partial charge on any atom is 0.276 e. The number of hydrogen-bond acceptors (Lipinski definition) is 5. The Labute approximate surface area is 193 Å². The monoisotopic (exact) mass is 471 g/mol. The third-order valence-corrected chi connectivity index (χ3v) is 7.51. The number of benzene rings is 1. The Morgan fingerprint density at radius 1 is 1.26 bits per heavy atom. The zero-order valence-corrected chi connectivity index (χ0v) is 18.5. The molecule has 2 amide bonds. The number of nitrogens with one attached hydrogen (secondary N) is 1. The van der Waals surface area contributed by atoms with Gasteiger partial charge in [0.15, 0.2) is 17.7 Å². The molecule has 5 aliphatic rings. The lowest BCUT2D eigenvalue weighted by atomic mass is 9.80. The predicted molar refractivity (Wildman–Crippen MR) is 115 cm³/mol. The number of rotatable bonds is 4. The van der Waals surface area contributed by atoms with Gasteiger partial charge in [-0.1, -0.05) is 6.07 Å². The van der Waals surface area contributed by atoms with E-state index in [2.05, 4.69) is 5.32 Å². The minimum absolute atomic E-state index is 0.0798. The average molecular weight is 471 g/mol. The number of ether oxygens (including phenoxy) is 2. The molecule has 1 saturated carbocycles. The van der Waals surface area contributed by atoms with Crippen molar-refractivity contribution in [2.24, 2.45) is 5.92 Å². The molecule has 1 aliphatic carbocycles. The number of carbonyl (C=O) groups is 2. The highest BCUT2D eigenvalue weighted by Crippen LogP contribution is 2.47. The van der Waals surface area contributed by atoms with Crippen LogP contribution in [-0.4, -0.2) is 47.3 Å². The molecule has 2 atom stereocenters. The molecule has 2 aromatic rings. The summed E-state index contributed by atoms with van der Waals surface area (Å²) in [5.41, 5.74) is -0.0848. The zero-order chi connectivity index (χ0) is 23.7. The molecule has 3 fully saturated rings. The van der Waals surface area contributed by atoms with Crippen LogP contribution < -0.4 is 15.5 Å².